The molecule has 3 aromatic rings. The van der Waals surface area contributed by atoms with E-state index < -0.39 is 42.1 Å². The summed E-state index contributed by atoms with van der Waals surface area (Å²) in [4.78, 5) is 23.9. The number of nitrogens with zero attached hydrogens (tertiary/aromatic N) is 4. The largest absolute Gasteiger partial charge is 0.444 e. The van der Waals surface area contributed by atoms with Crippen LogP contribution in [0.5, 0.6) is 0 Å². The van der Waals surface area contributed by atoms with Gasteiger partial charge in [-0.05, 0) is 55.7 Å². The lowest BCUT2D eigenvalue weighted by molar-refractivity contribution is -0.129. The summed E-state index contributed by atoms with van der Waals surface area (Å²) in [5.74, 6) is -1.41. The summed E-state index contributed by atoms with van der Waals surface area (Å²) < 4.78 is 21.5. The third-order valence-electron chi connectivity index (χ3n) is 5.03. The summed E-state index contributed by atoms with van der Waals surface area (Å²) in [5.41, 5.74) is 2.44. The number of hydrogen-bond donors (Lipinski definition) is 3. The van der Waals surface area contributed by atoms with E-state index in [1.54, 1.807) is 50.7 Å². The van der Waals surface area contributed by atoms with Crippen molar-refractivity contribution in [3.8, 4) is 17.2 Å². The molecule has 11 heteroatoms. The molecule has 0 aliphatic rings. The highest BCUT2D eigenvalue weighted by atomic mass is 19.1. The van der Waals surface area contributed by atoms with Gasteiger partial charge in [0.2, 0.25) is 0 Å². The van der Waals surface area contributed by atoms with Crippen LogP contribution in [-0.2, 0) is 23.0 Å². The molecule has 0 aliphatic carbocycles. The van der Waals surface area contributed by atoms with Gasteiger partial charge in [-0.15, -0.1) is 5.10 Å². The fraction of sp³-hybridized carbons (Fsp3) is 0.375. The Morgan fingerprint density at radius 2 is 1.91 bits per heavy atom. The van der Waals surface area contributed by atoms with E-state index in [0.717, 1.165) is 16.6 Å². The van der Waals surface area contributed by atoms with Crippen LogP contribution in [0.2, 0.25) is 0 Å². The number of hydrogen-bond acceptors (Lipinski definition) is 7. The summed E-state index contributed by atoms with van der Waals surface area (Å²) in [7, 11) is 1.77. The van der Waals surface area contributed by atoms with E-state index in [9.17, 15) is 24.3 Å². The first-order chi connectivity index (χ1) is 16.5. The van der Waals surface area contributed by atoms with Crippen LogP contribution in [-0.4, -0.2) is 56.4 Å². The van der Waals surface area contributed by atoms with E-state index in [4.69, 9.17) is 4.74 Å². The van der Waals surface area contributed by atoms with Crippen molar-refractivity contribution in [3.05, 3.63) is 47.8 Å². The normalized spacial score (nSPS) is 13.1. The van der Waals surface area contributed by atoms with E-state index in [1.165, 1.54) is 6.07 Å². The van der Waals surface area contributed by atoms with Crippen molar-refractivity contribution in [2.75, 3.05) is 6.54 Å². The Morgan fingerprint density at radius 3 is 2.57 bits per heavy atom. The summed E-state index contributed by atoms with van der Waals surface area (Å²) in [6.07, 6.45) is -2.50. The van der Waals surface area contributed by atoms with Crippen molar-refractivity contribution in [1.29, 1.82) is 5.26 Å². The number of benzene rings is 2. The van der Waals surface area contributed by atoms with Crippen molar-refractivity contribution in [1.82, 2.24) is 25.6 Å². The minimum Gasteiger partial charge on any atom is -0.444 e. The topological polar surface area (TPSA) is 142 Å². The SMILES string of the molecule is Cn1nnc2ccc(-c3ccc(C[C@@H](C#N)NC(=O)[C@@H](O)CNC(=O)OC(C)(C)C)c(F)c3)cc21. The Bertz CT molecular complexity index is 1280. The smallest absolute Gasteiger partial charge is 0.407 e. The van der Waals surface area contributed by atoms with Crippen molar-refractivity contribution < 1.29 is 23.8 Å². The number of aromatic nitrogens is 3. The number of carbonyl (C=O) groups excluding carboxylic acids is 2. The third kappa shape index (κ3) is 6.74. The first-order valence-electron chi connectivity index (χ1n) is 10.9. The van der Waals surface area contributed by atoms with Gasteiger partial charge < -0.3 is 20.5 Å². The number of amides is 2. The molecule has 0 bridgehead atoms. The molecule has 184 valence electrons. The summed E-state index contributed by atoms with van der Waals surface area (Å²) >= 11 is 0. The molecule has 0 saturated heterocycles. The minimum absolute atomic E-state index is 0.106. The number of nitriles is 1. The summed E-state index contributed by atoms with van der Waals surface area (Å²) in [6, 6.07) is 10.9. The van der Waals surface area contributed by atoms with Gasteiger partial charge in [-0.2, -0.15) is 5.26 Å². The number of ether oxygens (including phenoxy) is 1. The van der Waals surface area contributed by atoms with E-state index in [0.29, 0.717) is 5.56 Å². The Morgan fingerprint density at radius 1 is 1.23 bits per heavy atom. The zero-order valence-corrected chi connectivity index (χ0v) is 19.9. The second-order valence-corrected chi connectivity index (χ2v) is 9.02. The predicted molar refractivity (Wildman–Crippen MR) is 125 cm³/mol. The monoisotopic (exact) mass is 482 g/mol. The number of aryl methyl sites for hydroxylation is 1. The van der Waals surface area contributed by atoms with Crippen molar-refractivity contribution in [3.63, 3.8) is 0 Å². The molecular weight excluding hydrogens is 455 g/mol. The first kappa shape index (κ1) is 25.6. The van der Waals surface area contributed by atoms with Crippen LogP contribution in [0.25, 0.3) is 22.2 Å². The lowest BCUT2D eigenvalue weighted by atomic mass is 9.99. The fourth-order valence-electron chi connectivity index (χ4n) is 3.31. The van der Waals surface area contributed by atoms with Crippen LogP contribution in [0.4, 0.5) is 9.18 Å². The second-order valence-electron chi connectivity index (χ2n) is 9.02. The van der Waals surface area contributed by atoms with Gasteiger partial charge in [-0.1, -0.05) is 23.4 Å². The number of aliphatic hydroxyl groups is 1. The first-order valence-corrected chi connectivity index (χ1v) is 10.9. The third-order valence-corrected chi connectivity index (χ3v) is 5.03. The maximum atomic E-state index is 14.8. The molecule has 35 heavy (non-hydrogen) atoms. The highest BCUT2D eigenvalue weighted by molar-refractivity contribution is 5.82. The van der Waals surface area contributed by atoms with Gasteiger partial charge in [0.1, 0.15) is 29.1 Å². The van der Waals surface area contributed by atoms with Crippen molar-refractivity contribution >= 4 is 23.0 Å². The number of fused-ring (bicyclic) bond motifs is 1. The molecule has 1 heterocycles. The van der Waals surface area contributed by atoms with Crippen LogP contribution in [0.15, 0.2) is 36.4 Å². The second kappa shape index (κ2) is 10.5. The van der Waals surface area contributed by atoms with Gasteiger partial charge >= 0.3 is 6.09 Å². The molecule has 0 unspecified atom stereocenters. The molecular formula is C24H27FN6O4. The lowest BCUT2D eigenvalue weighted by Gasteiger charge is -2.21. The minimum atomic E-state index is -1.61. The highest BCUT2D eigenvalue weighted by Crippen LogP contribution is 2.25. The summed E-state index contributed by atoms with van der Waals surface area (Å²) in [5, 5.41) is 32.0. The summed E-state index contributed by atoms with van der Waals surface area (Å²) in [6.45, 7) is 4.62. The molecule has 2 amide bonds. The van der Waals surface area contributed by atoms with Gasteiger partial charge in [-0.25, -0.2) is 13.9 Å². The van der Waals surface area contributed by atoms with Gasteiger partial charge in [0.15, 0.2) is 0 Å². The van der Waals surface area contributed by atoms with Gasteiger partial charge in [-0.3, -0.25) is 4.79 Å². The number of alkyl carbamates (subject to hydrolysis) is 1. The molecule has 0 spiro atoms. The van der Waals surface area contributed by atoms with E-state index >= 15 is 0 Å². The number of carbonyl (C=O) groups is 2. The molecule has 2 aromatic carbocycles. The maximum absolute atomic E-state index is 14.8. The maximum Gasteiger partial charge on any atom is 0.407 e. The predicted octanol–water partition coefficient (Wildman–Crippen LogP) is 2.21. The van der Waals surface area contributed by atoms with Crippen LogP contribution in [0, 0.1) is 17.1 Å². The highest BCUT2D eigenvalue weighted by Gasteiger charge is 2.23. The number of nitrogens with one attached hydrogen (secondary N) is 2. The lowest BCUT2D eigenvalue weighted by Crippen LogP contribution is -2.47. The van der Waals surface area contributed by atoms with E-state index in [2.05, 4.69) is 20.9 Å². The number of halogens is 1. The van der Waals surface area contributed by atoms with Crippen LogP contribution in [0.1, 0.15) is 26.3 Å². The number of aliphatic hydroxyl groups excluding tert-OH is 1. The fourth-order valence-corrected chi connectivity index (χ4v) is 3.31. The molecule has 0 fully saturated rings. The Labute approximate surface area is 201 Å². The Hall–Kier alpha value is -4.04. The quantitative estimate of drug-likeness (QED) is 0.469. The number of rotatable bonds is 7. The zero-order chi connectivity index (χ0) is 25.8. The molecule has 0 aliphatic heterocycles. The van der Waals surface area contributed by atoms with Gasteiger partial charge in [0, 0.05) is 13.5 Å². The molecule has 0 radical (unpaired) electrons. The van der Waals surface area contributed by atoms with Crippen LogP contribution >= 0.6 is 0 Å². The van der Waals surface area contributed by atoms with E-state index in [1.807, 2.05) is 18.2 Å². The van der Waals surface area contributed by atoms with Crippen molar-refractivity contribution in [2.45, 2.75) is 44.9 Å². The molecule has 10 nitrogen and oxygen atoms in total. The Kier molecular flexibility index (Phi) is 7.66. The molecule has 3 N–H and O–H groups in total. The van der Waals surface area contributed by atoms with Crippen LogP contribution in [0.3, 0.4) is 0 Å². The molecule has 3 rings (SSSR count). The average Bonchev–Trinajstić information content (AvgIpc) is 3.17. The molecule has 2 atom stereocenters. The average molecular weight is 483 g/mol. The van der Waals surface area contributed by atoms with E-state index in [-0.39, 0.29) is 12.0 Å². The Balaban J connectivity index is 1.61. The molecule has 0 saturated carbocycles. The zero-order valence-electron chi connectivity index (χ0n) is 19.9. The van der Waals surface area contributed by atoms with Crippen LogP contribution < -0.4 is 10.6 Å². The standard InChI is InChI=1S/C24H27FN6O4/c1-24(2,3)35-23(34)27-13-21(32)22(33)28-17(12-26)9-16-6-5-14(10-18(16)25)15-7-8-19-20(11-15)31(4)30-29-19/h5-8,10-11,17,21,32H,9,13H2,1-4H3,(H,27,34)(H,28,33)/t17-,21-/m0/s1. The van der Waals surface area contributed by atoms with Gasteiger partial charge in [0.05, 0.1) is 18.1 Å². The van der Waals surface area contributed by atoms with Crippen molar-refractivity contribution in [2.24, 2.45) is 7.05 Å². The molecule has 1 aromatic heterocycles. The van der Waals surface area contributed by atoms with Gasteiger partial charge in [0.25, 0.3) is 5.91 Å².